The average molecular weight is 396 g/mol. The minimum absolute atomic E-state index is 0. The van der Waals surface area contributed by atoms with Gasteiger partial charge in [0.15, 0.2) is 0 Å². The van der Waals surface area contributed by atoms with Crippen molar-refractivity contribution in [2.24, 2.45) is 0 Å². The number of aliphatic hydroxyl groups is 1. The van der Waals surface area contributed by atoms with Crippen LogP contribution >= 0.6 is 7.37 Å². The molecular weight excluding hydrogens is 380 g/mol. The van der Waals surface area contributed by atoms with Gasteiger partial charge in [0, 0.05) is 38.0 Å². The van der Waals surface area contributed by atoms with E-state index in [0.29, 0.717) is 11.1 Å². The smallest absolute Gasteiger partial charge is 0.799 e. The van der Waals surface area contributed by atoms with Crippen LogP contribution in [-0.4, -0.2) is 36.0 Å². The number of rotatable bonds is 5. The molecule has 1 aromatic rings. The fourth-order valence-electron chi connectivity index (χ4n) is 2.64. The predicted molar refractivity (Wildman–Crippen MR) is 71.9 cm³/mol. The van der Waals surface area contributed by atoms with Crippen molar-refractivity contribution in [3.05, 3.63) is 35.4 Å². The second-order valence-corrected chi connectivity index (χ2v) is 7.40. The van der Waals surface area contributed by atoms with Gasteiger partial charge in [-0.15, -0.1) is 0 Å². The Labute approximate surface area is 212 Å². The molecule has 0 heterocycles. The van der Waals surface area contributed by atoms with Crippen LogP contribution in [0, 0.1) is 0 Å². The van der Waals surface area contributed by atoms with E-state index in [2.05, 4.69) is 0 Å². The first-order valence-electron chi connectivity index (χ1n) is 6.56. The molecule has 1 aliphatic rings. The third-order valence-corrected chi connectivity index (χ3v) is 5.93. The Bertz CT molecular complexity index is 612. The summed E-state index contributed by atoms with van der Waals surface area (Å²) in [6.07, 6.45) is -1.16. The molecule has 0 spiro atoms. The Morgan fingerprint density at radius 2 is 1.68 bits per heavy atom. The summed E-state index contributed by atoms with van der Waals surface area (Å²) in [5.74, 6) is -4.16. The molecule has 1 N–H and O–H groups in total. The van der Waals surface area contributed by atoms with Crippen molar-refractivity contribution in [1.29, 1.82) is 0 Å². The van der Waals surface area contributed by atoms with Gasteiger partial charge in [-0.3, -0.25) is 0 Å². The topological polar surface area (TPSA) is 141 Å². The molecule has 0 saturated carbocycles. The molecular formula is C14H16Na3O7P. The third-order valence-electron chi connectivity index (χ3n) is 3.59. The van der Waals surface area contributed by atoms with Crippen molar-refractivity contribution in [2.45, 2.75) is 24.4 Å². The van der Waals surface area contributed by atoms with Crippen LogP contribution in [0.3, 0.4) is 0 Å². The van der Waals surface area contributed by atoms with Crippen molar-refractivity contribution in [3.63, 3.8) is 0 Å². The molecule has 0 aromatic heterocycles. The number of carbonyl (C=O) groups excluding carboxylic acids is 2. The summed E-state index contributed by atoms with van der Waals surface area (Å²) < 4.78 is 12.2. The number of carboxylic acids is 2. The summed E-state index contributed by atoms with van der Waals surface area (Å²) in [5.41, 5.74) is -0.0671. The number of aliphatic hydroxyl groups excluding tert-OH is 1. The Balaban J connectivity index is -0.000000934. The molecule has 7 nitrogen and oxygen atoms in total. The molecule has 1 aromatic carbocycles. The first-order valence-corrected chi connectivity index (χ1v) is 8.44. The monoisotopic (exact) mass is 396 g/mol. The van der Waals surface area contributed by atoms with Crippen molar-refractivity contribution < 1.29 is 123 Å². The standard InChI is InChI=1S/C13H15O6P.CH4O.3Na/c14-11(15)5-6-20(18,19)10-7-8-3-1-2-4-9(8)12(10)13(16)17;1-2;;;/h1-4,10,12H,5-7H2,(H,14,15)(H,16,17)(H,18,19);2H,1H3;;;/q;;3*+1/p-3. The SMILES string of the molecule is CO.O=C([O-])CCP(=O)([O-])C1Cc2ccccc2C1C(=O)[O-].[Na+].[Na+].[Na+]. The number of aliphatic carboxylic acids is 2. The van der Waals surface area contributed by atoms with Crippen LogP contribution < -0.4 is 104 Å². The van der Waals surface area contributed by atoms with Crippen LogP contribution in [0.4, 0.5) is 0 Å². The molecule has 2 rings (SSSR count). The number of carbonyl (C=O) groups is 2. The molecule has 11 heteroatoms. The molecule has 0 saturated heterocycles. The van der Waals surface area contributed by atoms with Gasteiger partial charge in [-0.1, -0.05) is 24.3 Å². The maximum atomic E-state index is 12.2. The molecule has 3 unspecified atom stereocenters. The maximum Gasteiger partial charge on any atom is 1.00 e. The molecule has 25 heavy (non-hydrogen) atoms. The molecule has 3 atom stereocenters. The van der Waals surface area contributed by atoms with E-state index in [1.54, 1.807) is 24.3 Å². The summed E-state index contributed by atoms with van der Waals surface area (Å²) in [4.78, 5) is 33.8. The molecule has 122 valence electrons. The normalized spacial score (nSPS) is 19.3. The van der Waals surface area contributed by atoms with Crippen molar-refractivity contribution in [1.82, 2.24) is 0 Å². The number of benzene rings is 1. The predicted octanol–water partition coefficient (Wildman–Crippen LogP) is -11.2. The minimum Gasteiger partial charge on any atom is -0.799 e. The zero-order valence-corrected chi connectivity index (χ0v) is 21.8. The third kappa shape index (κ3) is 8.46. The summed E-state index contributed by atoms with van der Waals surface area (Å²) in [5, 5.41) is 28.7. The number of carboxylic acid groups (broad SMARTS) is 2. The zero-order valence-electron chi connectivity index (χ0n) is 14.9. The van der Waals surface area contributed by atoms with Gasteiger partial charge in [0.2, 0.25) is 0 Å². The quantitative estimate of drug-likeness (QED) is 0.385. The van der Waals surface area contributed by atoms with Crippen LogP contribution in [0.25, 0.3) is 0 Å². The van der Waals surface area contributed by atoms with E-state index in [1.165, 1.54) is 0 Å². The van der Waals surface area contributed by atoms with Crippen LogP contribution in [0.15, 0.2) is 24.3 Å². The van der Waals surface area contributed by atoms with Gasteiger partial charge in [0.05, 0.1) is 0 Å². The van der Waals surface area contributed by atoms with Crippen LogP contribution in [0.5, 0.6) is 0 Å². The van der Waals surface area contributed by atoms with Gasteiger partial charge >= 0.3 is 88.7 Å². The summed E-state index contributed by atoms with van der Waals surface area (Å²) in [6, 6.07) is 6.57. The van der Waals surface area contributed by atoms with E-state index >= 15 is 0 Å². The van der Waals surface area contributed by atoms with Crippen LogP contribution in [-0.2, 0) is 20.6 Å². The van der Waals surface area contributed by atoms with E-state index in [1.807, 2.05) is 0 Å². The number of hydrogen-bond acceptors (Lipinski definition) is 7. The van der Waals surface area contributed by atoms with Crippen LogP contribution in [0.1, 0.15) is 23.5 Å². The largest absolute Gasteiger partial charge is 1.00 e. The van der Waals surface area contributed by atoms with Gasteiger partial charge in [-0.25, -0.2) is 0 Å². The summed E-state index contributed by atoms with van der Waals surface area (Å²) in [6.45, 7) is 0. The van der Waals surface area contributed by atoms with E-state index in [-0.39, 0.29) is 95.1 Å². The molecule has 0 radical (unpaired) electrons. The van der Waals surface area contributed by atoms with E-state index in [0.717, 1.165) is 7.11 Å². The molecule has 0 fully saturated rings. The number of hydrogen-bond donors (Lipinski definition) is 1. The van der Waals surface area contributed by atoms with Gasteiger partial charge < -0.3 is 34.4 Å². The number of fused-ring (bicyclic) bond motifs is 1. The molecule has 1 aliphatic carbocycles. The van der Waals surface area contributed by atoms with E-state index < -0.39 is 43.5 Å². The maximum absolute atomic E-state index is 12.2. The summed E-state index contributed by atoms with van der Waals surface area (Å²) >= 11 is 0. The van der Waals surface area contributed by atoms with Gasteiger partial charge in [0.25, 0.3) is 0 Å². The molecule has 0 aliphatic heterocycles. The first kappa shape index (κ1) is 31.0. The minimum atomic E-state index is -4.18. The molecule has 0 amide bonds. The van der Waals surface area contributed by atoms with E-state index in [4.69, 9.17) is 5.11 Å². The Morgan fingerprint density at radius 3 is 2.16 bits per heavy atom. The zero-order chi connectivity index (χ0) is 16.9. The van der Waals surface area contributed by atoms with Crippen molar-refractivity contribution >= 4 is 19.3 Å². The Kier molecular flexibility index (Phi) is 17.8. The van der Waals surface area contributed by atoms with Crippen LogP contribution in [0.2, 0.25) is 0 Å². The Morgan fingerprint density at radius 1 is 1.16 bits per heavy atom. The first-order chi connectivity index (χ1) is 10.3. The van der Waals surface area contributed by atoms with Gasteiger partial charge in [-0.05, 0) is 30.1 Å². The fourth-order valence-corrected chi connectivity index (χ4v) is 4.67. The second-order valence-electron chi connectivity index (χ2n) is 4.84. The van der Waals surface area contributed by atoms with Crippen molar-refractivity contribution in [2.75, 3.05) is 13.3 Å². The Hall–Kier alpha value is 1.31. The fraction of sp³-hybridized carbons (Fsp3) is 0.429. The van der Waals surface area contributed by atoms with Gasteiger partial charge in [-0.2, -0.15) is 0 Å². The average Bonchev–Trinajstić information content (AvgIpc) is 2.88. The van der Waals surface area contributed by atoms with E-state index in [9.17, 15) is 29.3 Å². The second kappa shape index (κ2) is 14.3. The van der Waals surface area contributed by atoms with Gasteiger partial charge in [0.1, 0.15) is 0 Å². The molecule has 0 bridgehead atoms. The summed E-state index contributed by atoms with van der Waals surface area (Å²) in [7, 11) is -3.18. The van der Waals surface area contributed by atoms with Crippen molar-refractivity contribution in [3.8, 4) is 0 Å².